The van der Waals surface area contributed by atoms with Crippen molar-refractivity contribution in [2.24, 2.45) is 7.05 Å². The van der Waals surface area contributed by atoms with Crippen molar-refractivity contribution in [2.75, 3.05) is 0 Å². The predicted octanol–water partition coefficient (Wildman–Crippen LogP) is 0.407. The van der Waals surface area contributed by atoms with Crippen LogP contribution in [-0.4, -0.2) is 24.4 Å². The van der Waals surface area contributed by atoms with Gasteiger partial charge in [-0.3, -0.25) is 9.25 Å². The van der Waals surface area contributed by atoms with E-state index < -0.39 is 0 Å². The summed E-state index contributed by atoms with van der Waals surface area (Å²) in [6.45, 7) is 1.94. The molecule has 0 aliphatic rings. The molecule has 14 heavy (non-hydrogen) atoms. The van der Waals surface area contributed by atoms with Crippen LogP contribution in [0.25, 0.3) is 5.82 Å². The predicted molar refractivity (Wildman–Crippen MR) is 51.0 cm³/mol. The molecular formula is C9H12N4O. The van der Waals surface area contributed by atoms with E-state index in [9.17, 15) is 0 Å². The van der Waals surface area contributed by atoms with Crippen LogP contribution in [0.1, 0.15) is 11.4 Å². The Bertz CT molecular complexity index is 424. The van der Waals surface area contributed by atoms with Gasteiger partial charge in [0.1, 0.15) is 6.33 Å². The molecule has 74 valence electrons. The maximum absolute atomic E-state index is 8.86. The largest absolute Gasteiger partial charge is 0.390 e. The van der Waals surface area contributed by atoms with E-state index in [4.69, 9.17) is 5.11 Å². The normalized spacial score (nSPS) is 10.8. The van der Waals surface area contributed by atoms with Crippen molar-refractivity contribution in [1.29, 1.82) is 0 Å². The topological polar surface area (TPSA) is 55.9 Å². The molecule has 2 aromatic heterocycles. The van der Waals surface area contributed by atoms with Gasteiger partial charge in [-0.25, -0.2) is 4.98 Å². The van der Waals surface area contributed by atoms with Gasteiger partial charge in [0.15, 0.2) is 5.82 Å². The van der Waals surface area contributed by atoms with E-state index in [1.165, 1.54) is 0 Å². The third kappa shape index (κ3) is 1.42. The van der Waals surface area contributed by atoms with Gasteiger partial charge in [-0.15, -0.1) is 0 Å². The standard InChI is InChI=1S/C9H12N4O/c1-7-3-9(11-12(7)2)13-4-8(5-14)10-6-13/h3-4,6,14H,5H2,1-2H3. The van der Waals surface area contributed by atoms with Crippen LogP contribution < -0.4 is 0 Å². The minimum absolute atomic E-state index is 0.0428. The highest BCUT2D eigenvalue weighted by Gasteiger charge is 2.04. The van der Waals surface area contributed by atoms with E-state index >= 15 is 0 Å². The van der Waals surface area contributed by atoms with Crippen LogP contribution in [0, 0.1) is 6.92 Å². The summed E-state index contributed by atoms with van der Waals surface area (Å²) in [6, 6.07) is 1.96. The van der Waals surface area contributed by atoms with Crippen LogP contribution in [0.2, 0.25) is 0 Å². The number of hydrogen-bond acceptors (Lipinski definition) is 3. The number of imidazole rings is 1. The van der Waals surface area contributed by atoms with Gasteiger partial charge in [0.25, 0.3) is 0 Å². The fourth-order valence-corrected chi connectivity index (χ4v) is 1.24. The van der Waals surface area contributed by atoms with Crippen molar-refractivity contribution in [3.63, 3.8) is 0 Å². The first kappa shape index (κ1) is 8.96. The molecule has 0 bridgehead atoms. The monoisotopic (exact) mass is 192 g/mol. The van der Waals surface area contributed by atoms with Crippen LogP contribution in [0.3, 0.4) is 0 Å². The fraction of sp³-hybridized carbons (Fsp3) is 0.333. The van der Waals surface area contributed by atoms with E-state index in [1.54, 1.807) is 21.8 Å². The number of aliphatic hydroxyl groups excluding tert-OH is 1. The van der Waals surface area contributed by atoms with Crippen LogP contribution in [0.15, 0.2) is 18.6 Å². The van der Waals surface area contributed by atoms with Crippen molar-refractivity contribution in [1.82, 2.24) is 19.3 Å². The molecule has 0 unspecified atom stereocenters. The summed E-state index contributed by atoms with van der Waals surface area (Å²) in [5.74, 6) is 0.817. The average Bonchev–Trinajstić information content (AvgIpc) is 2.74. The maximum atomic E-state index is 8.86. The molecule has 2 heterocycles. The lowest BCUT2D eigenvalue weighted by atomic mass is 10.4. The van der Waals surface area contributed by atoms with E-state index in [2.05, 4.69) is 10.1 Å². The highest BCUT2D eigenvalue weighted by atomic mass is 16.3. The van der Waals surface area contributed by atoms with Crippen molar-refractivity contribution in [3.05, 3.63) is 30.0 Å². The molecule has 0 saturated carbocycles. The zero-order valence-corrected chi connectivity index (χ0v) is 8.18. The van der Waals surface area contributed by atoms with Crippen LogP contribution in [-0.2, 0) is 13.7 Å². The lowest BCUT2D eigenvalue weighted by Crippen LogP contribution is -1.95. The Hall–Kier alpha value is -1.62. The third-order valence-electron chi connectivity index (χ3n) is 2.16. The number of aliphatic hydroxyl groups is 1. The minimum atomic E-state index is -0.0428. The molecule has 0 radical (unpaired) electrons. The number of aryl methyl sites for hydroxylation is 2. The van der Waals surface area contributed by atoms with Gasteiger partial charge < -0.3 is 5.11 Å². The molecule has 0 aliphatic heterocycles. The molecule has 0 fully saturated rings. The second-order valence-corrected chi connectivity index (χ2v) is 3.20. The summed E-state index contributed by atoms with van der Waals surface area (Å²) in [6.07, 6.45) is 3.41. The van der Waals surface area contributed by atoms with Gasteiger partial charge in [-0.05, 0) is 6.92 Å². The molecule has 0 aliphatic carbocycles. The van der Waals surface area contributed by atoms with Crippen molar-refractivity contribution in [2.45, 2.75) is 13.5 Å². The summed E-state index contributed by atoms with van der Waals surface area (Å²) in [5.41, 5.74) is 1.73. The first-order valence-electron chi connectivity index (χ1n) is 4.35. The van der Waals surface area contributed by atoms with Gasteiger partial charge in [0.2, 0.25) is 0 Å². The van der Waals surface area contributed by atoms with E-state index in [0.717, 1.165) is 11.5 Å². The molecule has 5 heteroatoms. The molecular weight excluding hydrogens is 180 g/mol. The summed E-state index contributed by atoms with van der Waals surface area (Å²) >= 11 is 0. The molecule has 0 atom stereocenters. The summed E-state index contributed by atoms with van der Waals surface area (Å²) in [4.78, 5) is 4.01. The Morgan fingerprint density at radius 2 is 2.29 bits per heavy atom. The van der Waals surface area contributed by atoms with Gasteiger partial charge in [0.05, 0.1) is 12.3 Å². The summed E-state index contributed by atoms with van der Waals surface area (Å²) in [5, 5.41) is 13.1. The smallest absolute Gasteiger partial charge is 0.160 e. The molecule has 1 N–H and O–H groups in total. The lowest BCUT2D eigenvalue weighted by molar-refractivity contribution is 0.277. The van der Waals surface area contributed by atoms with Gasteiger partial charge in [-0.2, -0.15) is 5.10 Å². The first-order valence-corrected chi connectivity index (χ1v) is 4.35. The van der Waals surface area contributed by atoms with Crippen molar-refractivity contribution in [3.8, 4) is 5.82 Å². The number of rotatable bonds is 2. The number of hydrogen-bond donors (Lipinski definition) is 1. The minimum Gasteiger partial charge on any atom is -0.390 e. The average molecular weight is 192 g/mol. The molecule has 0 aromatic carbocycles. The van der Waals surface area contributed by atoms with Gasteiger partial charge in [0, 0.05) is 25.0 Å². The highest BCUT2D eigenvalue weighted by molar-refractivity contribution is 5.25. The third-order valence-corrected chi connectivity index (χ3v) is 2.16. The summed E-state index contributed by atoms with van der Waals surface area (Å²) < 4.78 is 3.59. The van der Waals surface area contributed by atoms with E-state index in [0.29, 0.717) is 5.69 Å². The highest BCUT2D eigenvalue weighted by Crippen LogP contribution is 2.08. The quantitative estimate of drug-likeness (QED) is 0.749. The zero-order valence-electron chi connectivity index (χ0n) is 8.18. The molecule has 2 aromatic rings. The molecule has 5 nitrogen and oxygen atoms in total. The van der Waals surface area contributed by atoms with Gasteiger partial charge in [-0.1, -0.05) is 0 Å². The number of nitrogens with zero attached hydrogens (tertiary/aromatic N) is 4. The molecule has 0 amide bonds. The Labute approximate surface area is 81.6 Å². The lowest BCUT2D eigenvalue weighted by Gasteiger charge is -1.93. The first-order chi connectivity index (χ1) is 6.70. The number of aromatic nitrogens is 4. The maximum Gasteiger partial charge on any atom is 0.160 e. The Balaban J connectivity index is 2.39. The van der Waals surface area contributed by atoms with Crippen LogP contribution >= 0.6 is 0 Å². The SMILES string of the molecule is Cc1cc(-n2cnc(CO)c2)nn1C. The Morgan fingerprint density at radius 3 is 2.79 bits per heavy atom. The van der Waals surface area contributed by atoms with Crippen molar-refractivity contribution < 1.29 is 5.11 Å². The Morgan fingerprint density at radius 1 is 1.50 bits per heavy atom. The summed E-state index contributed by atoms with van der Waals surface area (Å²) in [7, 11) is 1.89. The van der Waals surface area contributed by atoms with E-state index in [-0.39, 0.29) is 6.61 Å². The molecule has 0 spiro atoms. The van der Waals surface area contributed by atoms with Crippen LogP contribution in [0.5, 0.6) is 0 Å². The molecule has 0 saturated heterocycles. The molecule has 2 rings (SSSR count). The Kier molecular flexibility index (Phi) is 2.09. The van der Waals surface area contributed by atoms with E-state index in [1.807, 2.05) is 20.0 Å². The van der Waals surface area contributed by atoms with Crippen molar-refractivity contribution >= 4 is 0 Å². The van der Waals surface area contributed by atoms with Gasteiger partial charge >= 0.3 is 0 Å². The second kappa shape index (κ2) is 3.26. The fourth-order valence-electron chi connectivity index (χ4n) is 1.24. The second-order valence-electron chi connectivity index (χ2n) is 3.20. The van der Waals surface area contributed by atoms with Crippen LogP contribution in [0.4, 0.5) is 0 Å². The zero-order chi connectivity index (χ0) is 10.1.